The molecule has 0 saturated heterocycles. The fourth-order valence-electron chi connectivity index (χ4n) is 0.930. The molecule has 0 aliphatic rings. The largest absolute Gasteiger partial charge is 0.480 e. The number of nitrogens with one attached hydrogen (secondary N) is 2. The van der Waals surface area contributed by atoms with Crippen LogP contribution in [0.1, 0.15) is 6.42 Å². The zero-order chi connectivity index (χ0) is 13.5. The molecule has 0 fully saturated rings. The third-order valence-electron chi connectivity index (χ3n) is 1.73. The second kappa shape index (κ2) is 6.75. The van der Waals surface area contributed by atoms with Crippen LogP contribution < -0.4 is 10.6 Å². The lowest BCUT2D eigenvalue weighted by atomic mass is 10.2. The molecule has 1 unspecified atom stereocenters. The Morgan fingerprint density at radius 3 is 2.47 bits per heavy atom. The highest BCUT2D eigenvalue weighted by Gasteiger charge is 2.21. The van der Waals surface area contributed by atoms with Crippen molar-refractivity contribution in [2.75, 3.05) is 18.6 Å². The Kier molecular flexibility index (Phi) is 6.06. The molecule has 3 N–H and O–H groups in total. The maximum Gasteiger partial charge on any atom is 0.326 e. The molecular formula is C9H14N2O5S. The first-order valence-electron chi connectivity index (χ1n) is 4.64. The SMILES string of the molecule is C#CCNC(=O)NC(CCS(C)(=O)=O)C(=O)O. The second-order valence-corrected chi connectivity index (χ2v) is 5.60. The van der Waals surface area contributed by atoms with Crippen LogP contribution in [-0.4, -0.2) is 50.1 Å². The van der Waals surface area contributed by atoms with E-state index in [9.17, 15) is 18.0 Å². The number of urea groups is 1. The van der Waals surface area contributed by atoms with E-state index in [-0.39, 0.29) is 18.7 Å². The van der Waals surface area contributed by atoms with E-state index in [1.54, 1.807) is 0 Å². The van der Waals surface area contributed by atoms with Crippen LogP contribution in [0.5, 0.6) is 0 Å². The minimum Gasteiger partial charge on any atom is -0.480 e. The zero-order valence-corrected chi connectivity index (χ0v) is 10.1. The quantitative estimate of drug-likeness (QED) is 0.521. The number of carboxylic acid groups (broad SMARTS) is 1. The summed E-state index contributed by atoms with van der Waals surface area (Å²) < 4.78 is 21.7. The van der Waals surface area contributed by atoms with Gasteiger partial charge < -0.3 is 15.7 Å². The smallest absolute Gasteiger partial charge is 0.326 e. The molecule has 0 bridgehead atoms. The Morgan fingerprint density at radius 1 is 1.47 bits per heavy atom. The number of carbonyl (C=O) groups is 2. The topological polar surface area (TPSA) is 113 Å². The first-order valence-corrected chi connectivity index (χ1v) is 6.70. The van der Waals surface area contributed by atoms with Crippen LogP contribution in [0, 0.1) is 12.3 Å². The van der Waals surface area contributed by atoms with Crippen molar-refractivity contribution in [3.8, 4) is 12.3 Å². The van der Waals surface area contributed by atoms with Crippen molar-refractivity contribution in [3.63, 3.8) is 0 Å². The standard InChI is InChI=1S/C9H14N2O5S/c1-3-5-10-9(14)11-7(8(12)13)4-6-17(2,15)16/h1,7H,4-6H2,2H3,(H,12,13)(H2,10,11,14). The van der Waals surface area contributed by atoms with Gasteiger partial charge in [0.05, 0.1) is 12.3 Å². The molecule has 0 heterocycles. The summed E-state index contributed by atoms with van der Waals surface area (Å²) in [6.45, 7) is -0.0375. The molecule has 7 nitrogen and oxygen atoms in total. The van der Waals surface area contributed by atoms with Gasteiger partial charge in [-0.2, -0.15) is 0 Å². The predicted octanol–water partition coefficient (Wildman–Crippen LogP) is -1.19. The van der Waals surface area contributed by atoms with E-state index in [0.29, 0.717) is 0 Å². The number of hydrogen-bond acceptors (Lipinski definition) is 4. The highest BCUT2D eigenvalue weighted by Crippen LogP contribution is 1.97. The fraction of sp³-hybridized carbons (Fsp3) is 0.556. The van der Waals surface area contributed by atoms with Gasteiger partial charge in [0.25, 0.3) is 0 Å². The zero-order valence-electron chi connectivity index (χ0n) is 9.26. The molecule has 17 heavy (non-hydrogen) atoms. The molecule has 96 valence electrons. The van der Waals surface area contributed by atoms with Gasteiger partial charge in [0, 0.05) is 6.26 Å². The van der Waals surface area contributed by atoms with Crippen molar-refractivity contribution in [1.82, 2.24) is 10.6 Å². The molecule has 0 rings (SSSR count). The number of hydrogen-bond donors (Lipinski definition) is 3. The third-order valence-corrected chi connectivity index (χ3v) is 2.71. The van der Waals surface area contributed by atoms with Crippen molar-refractivity contribution >= 4 is 21.8 Å². The van der Waals surface area contributed by atoms with E-state index >= 15 is 0 Å². The summed E-state index contributed by atoms with van der Waals surface area (Å²) in [5.41, 5.74) is 0. The molecule has 0 aromatic carbocycles. The highest BCUT2D eigenvalue weighted by atomic mass is 32.2. The molecule has 0 spiro atoms. The molecular weight excluding hydrogens is 248 g/mol. The molecule has 0 radical (unpaired) electrons. The van der Waals surface area contributed by atoms with Crippen LogP contribution >= 0.6 is 0 Å². The molecule has 0 aliphatic carbocycles. The van der Waals surface area contributed by atoms with E-state index in [2.05, 4.69) is 16.6 Å². The first kappa shape index (κ1) is 15.2. The summed E-state index contributed by atoms with van der Waals surface area (Å²) in [5.74, 6) is 0.521. The van der Waals surface area contributed by atoms with Gasteiger partial charge in [-0.05, 0) is 6.42 Å². The van der Waals surface area contributed by atoms with Gasteiger partial charge in [0.1, 0.15) is 15.9 Å². The van der Waals surface area contributed by atoms with E-state index in [4.69, 9.17) is 11.5 Å². The number of aliphatic carboxylic acids is 1. The Hall–Kier alpha value is -1.75. The molecule has 0 aromatic heterocycles. The summed E-state index contributed by atoms with van der Waals surface area (Å²) in [7, 11) is -3.27. The number of carbonyl (C=O) groups excluding carboxylic acids is 1. The van der Waals surface area contributed by atoms with Crippen molar-refractivity contribution in [2.24, 2.45) is 0 Å². The van der Waals surface area contributed by atoms with Crippen LogP contribution in [0.2, 0.25) is 0 Å². The Morgan fingerprint density at radius 2 is 2.06 bits per heavy atom. The number of rotatable bonds is 6. The van der Waals surface area contributed by atoms with Gasteiger partial charge >= 0.3 is 12.0 Å². The van der Waals surface area contributed by atoms with Crippen LogP contribution in [0.25, 0.3) is 0 Å². The Balaban J connectivity index is 4.31. The lowest BCUT2D eigenvalue weighted by Crippen LogP contribution is -2.46. The van der Waals surface area contributed by atoms with E-state index in [0.717, 1.165) is 6.26 Å². The molecule has 2 amide bonds. The van der Waals surface area contributed by atoms with Gasteiger partial charge in [0.2, 0.25) is 0 Å². The summed E-state index contributed by atoms with van der Waals surface area (Å²) in [4.78, 5) is 21.9. The van der Waals surface area contributed by atoms with E-state index in [1.165, 1.54) is 0 Å². The molecule has 0 saturated carbocycles. The molecule has 0 aromatic rings. The summed E-state index contributed by atoms with van der Waals surface area (Å²) in [6.07, 6.45) is 5.69. The van der Waals surface area contributed by atoms with Gasteiger partial charge in [-0.15, -0.1) is 6.42 Å². The fourth-order valence-corrected chi connectivity index (χ4v) is 1.59. The van der Waals surface area contributed by atoms with Gasteiger partial charge in [-0.1, -0.05) is 5.92 Å². The minimum absolute atomic E-state index is 0.0375. The van der Waals surface area contributed by atoms with Gasteiger partial charge in [-0.3, -0.25) is 0 Å². The van der Waals surface area contributed by atoms with Gasteiger partial charge in [0.15, 0.2) is 0 Å². The van der Waals surface area contributed by atoms with Crippen LogP contribution in [0.15, 0.2) is 0 Å². The highest BCUT2D eigenvalue weighted by molar-refractivity contribution is 7.90. The maximum atomic E-state index is 11.1. The predicted molar refractivity (Wildman–Crippen MR) is 61.1 cm³/mol. The van der Waals surface area contributed by atoms with Gasteiger partial charge in [-0.25, -0.2) is 18.0 Å². The second-order valence-electron chi connectivity index (χ2n) is 3.34. The Bertz CT molecular complexity index is 423. The average Bonchev–Trinajstić information content (AvgIpc) is 2.19. The lowest BCUT2D eigenvalue weighted by Gasteiger charge is -2.13. The first-order chi connectivity index (χ1) is 7.76. The minimum atomic E-state index is -3.27. The van der Waals surface area contributed by atoms with Crippen molar-refractivity contribution in [1.29, 1.82) is 0 Å². The molecule has 1 atom stereocenters. The third kappa shape index (κ3) is 8.10. The van der Waals surface area contributed by atoms with Crippen molar-refractivity contribution in [3.05, 3.63) is 0 Å². The summed E-state index contributed by atoms with van der Waals surface area (Å²) >= 11 is 0. The van der Waals surface area contributed by atoms with Crippen LogP contribution in [0.4, 0.5) is 4.79 Å². The van der Waals surface area contributed by atoms with Crippen molar-refractivity contribution in [2.45, 2.75) is 12.5 Å². The number of carboxylic acids is 1. The van der Waals surface area contributed by atoms with Crippen LogP contribution in [-0.2, 0) is 14.6 Å². The number of terminal acetylenes is 1. The average molecular weight is 262 g/mol. The number of sulfone groups is 1. The summed E-state index contributed by atoms with van der Waals surface area (Å²) in [6, 6.07) is -2.01. The molecule has 8 heteroatoms. The monoisotopic (exact) mass is 262 g/mol. The van der Waals surface area contributed by atoms with Crippen LogP contribution in [0.3, 0.4) is 0 Å². The normalized spacial score (nSPS) is 12.2. The van der Waals surface area contributed by atoms with Crippen molar-refractivity contribution < 1.29 is 23.1 Å². The molecule has 0 aliphatic heterocycles. The van der Waals surface area contributed by atoms with E-state index < -0.39 is 27.9 Å². The Labute approximate surface area is 99.5 Å². The van der Waals surface area contributed by atoms with E-state index in [1.807, 2.05) is 0 Å². The number of amides is 2. The maximum absolute atomic E-state index is 11.1. The lowest BCUT2D eigenvalue weighted by molar-refractivity contribution is -0.139. The summed E-state index contributed by atoms with van der Waals surface area (Å²) in [5, 5.41) is 13.1.